The number of halogens is 1. The first-order chi connectivity index (χ1) is 5.75. The summed E-state index contributed by atoms with van der Waals surface area (Å²) in [5.74, 6) is 2.04. The number of rotatable bonds is 0. The highest BCUT2D eigenvalue weighted by molar-refractivity contribution is 9.09. The number of likely N-dealkylation sites (tertiary alicyclic amines) is 1. The van der Waals surface area contributed by atoms with Crippen LogP contribution in [0.2, 0.25) is 0 Å². The summed E-state index contributed by atoms with van der Waals surface area (Å²) in [6.07, 6.45) is 5.73. The summed E-state index contributed by atoms with van der Waals surface area (Å²) in [7, 11) is 2.26. The van der Waals surface area contributed by atoms with Crippen LogP contribution in [0.15, 0.2) is 0 Å². The smallest absolute Gasteiger partial charge is 0.0149 e. The highest BCUT2D eigenvalue weighted by Crippen LogP contribution is 2.38. The van der Waals surface area contributed by atoms with E-state index < -0.39 is 0 Å². The Morgan fingerprint density at radius 3 is 2.83 bits per heavy atom. The summed E-state index contributed by atoms with van der Waals surface area (Å²) in [6.45, 7) is 2.67. The fourth-order valence-corrected chi connectivity index (χ4v) is 3.50. The average molecular weight is 232 g/mol. The van der Waals surface area contributed by atoms with Gasteiger partial charge in [0.15, 0.2) is 0 Å². The van der Waals surface area contributed by atoms with E-state index in [1.807, 2.05) is 0 Å². The number of alkyl halides is 1. The van der Waals surface area contributed by atoms with Gasteiger partial charge in [-0.2, -0.15) is 0 Å². The molecule has 0 spiro atoms. The van der Waals surface area contributed by atoms with Crippen LogP contribution in [-0.2, 0) is 0 Å². The fourth-order valence-electron chi connectivity index (χ4n) is 2.75. The highest BCUT2D eigenvalue weighted by atomic mass is 79.9. The SMILES string of the molecule is CN1CCC2CCC(Br)CC2C1. The highest BCUT2D eigenvalue weighted by Gasteiger charge is 2.32. The van der Waals surface area contributed by atoms with Crippen LogP contribution in [0.5, 0.6) is 0 Å². The van der Waals surface area contributed by atoms with Gasteiger partial charge in [0.2, 0.25) is 0 Å². The van der Waals surface area contributed by atoms with E-state index in [0.29, 0.717) is 0 Å². The van der Waals surface area contributed by atoms with Gasteiger partial charge in [-0.3, -0.25) is 0 Å². The number of fused-ring (bicyclic) bond motifs is 1. The molecule has 0 aromatic carbocycles. The third kappa shape index (κ3) is 1.85. The minimum absolute atomic E-state index is 0.810. The molecular weight excluding hydrogens is 214 g/mol. The zero-order valence-corrected chi connectivity index (χ0v) is 9.39. The lowest BCUT2D eigenvalue weighted by Crippen LogP contribution is -2.41. The van der Waals surface area contributed by atoms with Crippen molar-refractivity contribution < 1.29 is 0 Å². The largest absolute Gasteiger partial charge is 0.306 e. The molecule has 1 saturated carbocycles. The molecule has 2 fully saturated rings. The van der Waals surface area contributed by atoms with Crippen molar-refractivity contribution in [3.05, 3.63) is 0 Å². The standard InChI is InChI=1S/C10H18BrN/c1-12-5-4-8-2-3-10(11)6-9(8)7-12/h8-10H,2-7H2,1H3. The molecule has 3 atom stereocenters. The van der Waals surface area contributed by atoms with E-state index in [1.54, 1.807) is 0 Å². The van der Waals surface area contributed by atoms with Gasteiger partial charge in [-0.25, -0.2) is 0 Å². The summed E-state index contributed by atoms with van der Waals surface area (Å²) < 4.78 is 0. The summed E-state index contributed by atoms with van der Waals surface area (Å²) in [5.41, 5.74) is 0. The van der Waals surface area contributed by atoms with Crippen molar-refractivity contribution >= 4 is 15.9 Å². The minimum Gasteiger partial charge on any atom is -0.306 e. The van der Waals surface area contributed by atoms with Crippen LogP contribution in [0.25, 0.3) is 0 Å². The van der Waals surface area contributed by atoms with Gasteiger partial charge < -0.3 is 4.90 Å². The van der Waals surface area contributed by atoms with Crippen LogP contribution in [0.4, 0.5) is 0 Å². The van der Waals surface area contributed by atoms with Gasteiger partial charge in [0.1, 0.15) is 0 Å². The quantitative estimate of drug-likeness (QED) is 0.580. The predicted molar refractivity (Wildman–Crippen MR) is 55.7 cm³/mol. The number of nitrogens with zero attached hydrogens (tertiary/aromatic N) is 1. The molecule has 3 unspecified atom stereocenters. The number of hydrogen-bond donors (Lipinski definition) is 0. The van der Waals surface area contributed by atoms with E-state index >= 15 is 0 Å². The molecule has 0 aromatic heterocycles. The van der Waals surface area contributed by atoms with Crippen LogP contribution in [-0.4, -0.2) is 29.9 Å². The summed E-state index contributed by atoms with van der Waals surface area (Å²) in [6, 6.07) is 0. The van der Waals surface area contributed by atoms with Crippen LogP contribution in [0, 0.1) is 11.8 Å². The third-order valence-electron chi connectivity index (χ3n) is 3.50. The first kappa shape index (κ1) is 9.01. The summed E-state index contributed by atoms with van der Waals surface area (Å²) in [4.78, 5) is 3.30. The van der Waals surface area contributed by atoms with Crippen LogP contribution in [0.3, 0.4) is 0 Å². The van der Waals surface area contributed by atoms with Crippen LogP contribution >= 0.6 is 15.9 Å². The molecule has 12 heavy (non-hydrogen) atoms. The zero-order valence-electron chi connectivity index (χ0n) is 7.80. The Labute approximate surface area is 83.6 Å². The van der Waals surface area contributed by atoms with E-state index in [4.69, 9.17) is 0 Å². The molecule has 0 bridgehead atoms. The Morgan fingerprint density at radius 1 is 1.17 bits per heavy atom. The molecule has 0 radical (unpaired) electrons. The van der Waals surface area contributed by atoms with Crippen molar-refractivity contribution in [2.75, 3.05) is 20.1 Å². The van der Waals surface area contributed by atoms with E-state index in [2.05, 4.69) is 27.9 Å². The monoisotopic (exact) mass is 231 g/mol. The topological polar surface area (TPSA) is 3.24 Å². The maximum atomic E-state index is 3.75. The maximum absolute atomic E-state index is 3.75. The molecule has 2 aliphatic rings. The molecule has 0 aromatic rings. The van der Waals surface area contributed by atoms with E-state index in [0.717, 1.165) is 16.7 Å². The van der Waals surface area contributed by atoms with Crippen molar-refractivity contribution in [1.29, 1.82) is 0 Å². The summed E-state index contributed by atoms with van der Waals surface area (Å²) in [5, 5.41) is 0. The summed E-state index contributed by atoms with van der Waals surface area (Å²) >= 11 is 3.75. The molecule has 0 amide bonds. The Hall–Kier alpha value is 0.440. The lowest BCUT2D eigenvalue weighted by atomic mass is 9.75. The average Bonchev–Trinajstić information content (AvgIpc) is 2.03. The Bertz CT molecular complexity index is 144. The Morgan fingerprint density at radius 2 is 2.00 bits per heavy atom. The van der Waals surface area contributed by atoms with Gasteiger partial charge in [0.25, 0.3) is 0 Å². The van der Waals surface area contributed by atoms with Crippen LogP contribution in [0.1, 0.15) is 25.7 Å². The predicted octanol–water partition coefficient (Wildman–Crippen LogP) is 2.50. The molecule has 1 heterocycles. The first-order valence-electron chi connectivity index (χ1n) is 5.08. The van der Waals surface area contributed by atoms with Gasteiger partial charge in [-0.15, -0.1) is 0 Å². The lowest BCUT2D eigenvalue weighted by molar-refractivity contribution is 0.108. The van der Waals surface area contributed by atoms with Crippen molar-refractivity contribution in [3.63, 3.8) is 0 Å². The minimum atomic E-state index is 0.810. The van der Waals surface area contributed by atoms with Gasteiger partial charge >= 0.3 is 0 Å². The van der Waals surface area contributed by atoms with Gasteiger partial charge in [-0.05, 0) is 51.1 Å². The second kappa shape index (κ2) is 3.67. The molecule has 0 N–H and O–H groups in total. The molecule has 2 heteroatoms. The second-order valence-electron chi connectivity index (χ2n) is 4.48. The molecular formula is C10H18BrN. The fraction of sp³-hybridized carbons (Fsp3) is 1.00. The normalized spacial score (nSPS) is 44.0. The molecule has 70 valence electrons. The van der Waals surface area contributed by atoms with Gasteiger partial charge in [-0.1, -0.05) is 15.9 Å². The van der Waals surface area contributed by atoms with Crippen LogP contribution < -0.4 is 0 Å². The van der Waals surface area contributed by atoms with E-state index in [1.165, 1.54) is 38.8 Å². The maximum Gasteiger partial charge on any atom is 0.0149 e. The first-order valence-corrected chi connectivity index (χ1v) is 6.00. The van der Waals surface area contributed by atoms with Crippen molar-refractivity contribution in [1.82, 2.24) is 4.90 Å². The van der Waals surface area contributed by atoms with Crippen molar-refractivity contribution in [2.45, 2.75) is 30.5 Å². The van der Waals surface area contributed by atoms with Gasteiger partial charge in [0, 0.05) is 11.4 Å². The van der Waals surface area contributed by atoms with E-state index in [-0.39, 0.29) is 0 Å². The molecule has 1 aliphatic carbocycles. The molecule has 1 nitrogen and oxygen atoms in total. The molecule has 1 aliphatic heterocycles. The Kier molecular flexibility index (Phi) is 2.75. The lowest BCUT2D eigenvalue weighted by Gasteiger charge is -2.41. The number of hydrogen-bond acceptors (Lipinski definition) is 1. The Balaban J connectivity index is 1.94. The van der Waals surface area contributed by atoms with Gasteiger partial charge in [0.05, 0.1) is 0 Å². The molecule has 1 saturated heterocycles. The van der Waals surface area contributed by atoms with E-state index in [9.17, 15) is 0 Å². The number of piperidine rings is 1. The second-order valence-corrected chi connectivity index (χ2v) is 5.78. The molecule has 2 rings (SSSR count). The van der Waals surface area contributed by atoms with Crippen molar-refractivity contribution in [2.24, 2.45) is 11.8 Å². The zero-order chi connectivity index (χ0) is 8.55. The van der Waals surface area contributed by atoms with Crippen molar-refractivity contribution in [3.8, 4) is 0 Å². The third-order valence-corrected chi connectivity index (χ3v) is 4.34.